The summed E-state index contributed by atoms with van der Waals surface area (Å²) in [6.45, 7) is 4.30. The highest BCUT2D eigenvalue weighted by atomic mass is 14.7. The summed E-state index contributed by atoms with van der Waals surface area (Å²) >= 11 is 0. The average molecular weight is 247 g/mol. The first-order chi connectivity index (χ1) is 9.31. The molecule has 94 valence electrons. The number of fused-ring (bicyclic) bond motifs is 3. The van der Waals surface area contributed by atoms with Crippen LogP contribution in [-0.2, 0) is 0 Å². The minimum atomic E-state index is 1.04. The van der Waals surface area contributed by atoms with E-state index < -0.39 is 0 Å². The highest BCUT2D eigenvalue weighted by Crippen LogP contribution is 2.29. The summed E-state index contributed by atoms with van der Waals surface area (Å²) < 4.78 is 0. The van der Waals surface area contributed by atoms with Gasteiger partial charge in [0.05, 0.1) is 5.69 Å². The molecule has 0 aliphatic rings. The number of pyridine rings is 1. The van der Waals surface area contributed by atoms with Gasteiger partial charge in [-0.2, -0.15) is 0 Å². The number of benzene rings is 2. The molecule has 0 aliphatic carbocycles. The average Bonchev–Trinajstić information content (AvgIpc) is 2.46. The number of hydrogen-bond acceptors (Lipinski definition) is 1. The molecule has 0 saturated heterocycles. The predicted octanol–water partition coefficient (Wildman–Crippen LogP) is 5.20. The minimum Gasteiger partial charge on any atom is -0.256 e. The zero-order chi connectivity index (χ0) is 13.2. The molecule has 0 spiro atoms. The van der Waals surface area contributed by atoms with Gasteiger partial charge in [0, 0.05) is 11.6 Å². The van der Waals surface area contributed by atoms with E-state index in [9.17, 15) is 0 Å². The Balaban J connectivity index is 2.38. The molecule has 3 rings (SSSR count). The van der Waals surface area contributed by atoms with Crippen LogP contribution in [0.5, 0.6) is 0 Å². The van der Waals surface area contributed by atoms with Crippen LogP contribution in [0.1, 0.15) is 26.0 Å². The number of allylic oxidation sites excluding steroid dienone is 2. The lowest BCUT2D eigenvalue weighted by atomic mass is 9.99. The first-order valence-corrected chi connectivity index (χ1v) is 6.75. The fourth-order valence-corrected chi connectivity index (χ4v) is 2.65. The first kappa shape index (κ1) is 11.9. The van der Waals surface area contributed by atoms with Gasteiger partial charge in [-0.15, -0.1) is 0 Å². The van der Waals surface area contributed by atoms with Gasteiger partial charge >= 0.3 is 0 Å². The molecule has 0 radical (unpaired) electrons. The maximum Gasteiger partial charge on any atom is 0.0734 e. The SMILES string of the molecule is CCC=C(C)c1nccc2c1ccc1ccccc12. The van der Waals surface area contributed by atoms with Crippen molar-refractivity contribution in [3.63, 3.8) is 0 Å². The van der Waals surface area contributed by atoms with Crippen LogP contribution in [0, 0.1) is 0 Å². The van der Waals surface area contributed by atoms with Gasteiger partial charge in [0.25, 0.3) is 0 Å². The second-order valence-electron chi connectivity index (χ2n) is 4.84. The number of hydrogen-bond donors (Lipinski definition) is 0. The third-order valence-corrected chi connectivity index (χ3v) is 3.55. The van der Waals surface area contributed by atoms with Gasteiger partial charge in [0.1, 0.15) is 0 Å². The predicted molar refractivity (Wildman–Crippen MR) is 83.2 cm³/mol. The maximum atomic E-state index is 4.56. The molecule has 1 nitrogen and oxygen atoms in total. The Morgan fingerprint density at radius 2 is 1.84 bits per heavy atom. The molecule has 0 fully saturated rings. The molecule has 0 N–H and O–H groups in total. The van der Waals surface area contributed by atoms with Crippen LogP contribution < -0.4 is 0 Å². The number of rotatable bonds is 2. The summed E-state index contributed by atoms with van der Waals surface area (Å²) in [5, 5.41) is 5.10. The Labute approximate surface area is 113 Å². The molecule has 1 heteroatoms. The van der Waals surface area contributed by atoms with Crippen molar-refractivity contribution < 1.29 is 0 Å². The standard InChI is InChI=1S/C18H17N/c1-3-6-13(2)18-17-10-9-14-7-4-5-8-15(14)16(17)11-12-19-18/h4-12H,3H2,1-2H3. The molecule has 0 unspecified atom stereocenters. The second kappa shape index (κ2) is 4.85. The molecule has 19 heavy (non-hydrogen) atoms. The van der Waals surface area contributed by atoms with E-state index in [0.717, 1.165) is 12.1 Å². The summed E-state index contributed by atoms with van der Waals surface area (Å²) in [6.07, 6.45) is 5.19. The van der Waals surface area contributed by atoms with Gasteiger partial charge in [-0.25, -0.2) is 0 Å². The van der Waals surface area contributed by atoms with Gasteiger partial charge in [0.2, 0.25) is 0 Å². The van der Waals surface area contributed by atoms with Crippen LogP contribution in [0.3, 0.4) is 0 Å². The summed E-state index contributed by atoms with van der Waals surface area (Å²) in [6, 6.07) is 15.0. The van der Waals surface area contributed by atoms with Crippen molar-refractivity contribution >= 4 is 27.1 Å². The summed E-state index contributed by atoms with van der Waals surface area (Å²) in [5.74, 6) is 0. The zero-order valence-corrected chi connectivity index (χ0v) is 11.4. The fraction of sp³-hybridized carbons (Fsp3) is 0.167. The monoisotopic (exact) mass is 247 g/mol. The molecular formula is C18H17N. The topological polar surface area (TPSA) is 12.9 Å². The van der Waals surface area contributed by atoms with Crippen LogP contribution in [-0.4, -0.2) is 4.98 Å². The van der Waals surface area contributed by atoms with Gasteiger partial charge in [-0.05, 0) is 41.1 Å². The molecule has 0 amide bonds. The molecule has 0 bridgehead atoms. The molecule has 1 heterocycles. The van der Waals surface area contributed by atoms with Crippen molar-refractivity contribution in [2.45, 2.75) is 20.3 Å². The quantitative estimate of drug-likeness (QED) is 0.567. The van der Waals surface area contributed by atoms with Gasteiger partial charge in [-0.3, -0.25) is 4.98 Å². The van der Waals surface area contributed by atoms with Gasteiger partial charge in [-0.1, -0.05) is 49.4 Å². The lowest BCUT2D eigenvalue weighted by molar-refractivity contribution is 1.21. The molecule has 3 aromatic rings. The third-order valence-electron chi connectivity index (χ3n) is 3.55. The molecule has 0 saturated carbocycles. The Kier molecular flexibility index (Phi) is 3.04. The molecule has 0 atom stereocenters. The maximum absolute atomic E-state index is 4.56. The van der Waals surface area contributed by atoms with E-state index in [1.54, 1.807) is 0 Å². The zero-order valence-electron chi connectivity index (χ0n) is 11.4. The second-order valence-corrected chi connectivity index (χ2v) is 4.84. The molecule has 1 aromatic heterocycles. The molecule has 2 aromatic carbocycles. The van der Waals surface area contributed by atoms with Crippen molar-refractivity contribution in [3.05, 3.63) is 60.4 Å². The van der Waals surface area contributed by atoms with E-state index in [2.05, 4.69) is 67.4 Å². The van der Waals surface area contributed by atoms with E-state index in [0.29, 0.717) is 0 Å². The van der Waals surface area contributed by atoms with E-state index in [1.807, 2.05) is 6.20 Å². The largest absolute Gasteiger partial charge is 0.256 e. The van der Waals surface area contributed by atoms with Crippen molar-refractivity contribution in [3.8, 4) is 0 Å². The first-order valence-electron chi connectivity index (χ1n) is 6.75. The Bertz CT molecular complexity index is 769. The van der Waals surface area contributed by atoms with Crippen LogP contribution in [0.25, 0.3) is 27.1 Å². The molecular weight excluding hydrogens is 230 g/mol. The Morgan fingerprint density at radius 1 is 1.00 bits per heavy atom. The fourth-order valence-electron chi connectivity index (χ4n) is 2.65. The van der Waals surface area contributed by atoms with Crippen LogP contribution >= 0.6 is 0 Å². The molecule has 0 aliphatic heterocycles. The van der Waals surface area contributed by atoms with E-state index >= 15 is 0 Å². The smallest absolute Gasteiger partial charge is 0.0734 e. The van der Waals surface area contributed by atoms with Gasteiger partial charge in [0.15, 0.2) is 0 Å². The highest BCUT2D eigenvalue weighted by molar-refractivity contribution is 6.09. The van der Waals surface area contributed by atoms with Crippen LogP contribution in [0.15, 0.2) is 54.7 Å². The van der Waals surface area contributed by atoms with E-state index in [-0.39, 0.29) is 0 Å². The van der Waals surface area contributed by atoms with Crippen LogP contribution in [0.4, 0.5) is 0 Å². The Hall–Kier alpha value is -2.15. The van der Waals surface area contributed by atoms with Crippen molar-refractivity contribution in [2.24, 2.45) is 0 Å². The van der Waals surface area contributed by atoms with Crippen molar-refractivity contribution in [2.75, 3.05) is 0 Å². The lowest BCUT2D eigenvalue weighted by Gasteiger charge is -2.08. The van der Waals surface area contributed by atoms with E-state index in [4.69, 9.17) is 0 Å². The van der Waals surface area contributed by atoms with Crippen LogP contribution in [0.2, 0.25) is 0 Å². The summed E-state index contributed by atoms with van der Waals surface area (Å²) in [5.41, 5.74) is 2.36. The third kappa shape index (κ3) is 2.01. The number of aromatic nitrogens is 1. The van der Waals surface area contributed by atoms with Crippen molar-refractivity contribution in [1.82, 2.24) is 4.98 Å². The lowest BCUT2D eigenvalue weighted by Crippen LogP contribution is -1.89. The Morgan fingerprint density at radius 3 is 2.68 bits per heavy atom. The number of nitrogens with zero attached hydrogens (tertiary/aromatic N) is 1. The summed E-state index contributed by atoms with van der Waals surface area (Å²) in [7, 11) is 0. The van der Waals surface area contributed by atoms with E-state index in [1.165, 1.54) is 27.1 Å². The summed E-state index contributed by atoms with van der Waals surface area (Å²) in [4.78, 5) is 4.56. The van der Waals surface area contributed by atoms with Crippen molar-refractivity contribution in [1.29, 1.82) is 0 Å². The highest BCUT2D eigenvalue weighted by Gasteiger charge is 2.06. The minimum absolute atomic E-state index is 1.04. The van der Waals surface area contributed by atoms with Gasteiger partial charge < -0.3 is 0 Å². The normalized spacial score (nSPS) is 12.2.